The fourth-order valence-electron chi connectivity index (χ4n) is 7.39. The van der Waals surface area contributed by atoms with E-state index in [9.17, 15) is 9.59 Å². The van der Waals surface area contributed by atoms with Crippen LogP contribution in [0.5, 0.6) is 0 Å². The van der Waals surface area contributed by atoms with Crippen LogP contribution in [0.15, 0.2) is 41.5 Å². The Labute approximate surface area is 236 Å². The standard InChI is InChI=1S/C32H41NO7/c1-31(2)17-23-20(7-8-27-32(3,40-27)10-9-24(23)31)13-19-5-4-6-21(14-19)30(36)39-26-16-22(29(35)33-11-12-34)15-25-28(26)38-18-37-25/h4-6,13-15,23-28,34H,7-12,16-18H2,1-3H3,(H,33,35). The van der Waals surface area contributed by atoms with E-state index in [1.807, 2.05) is 18.2 Å². The van der Waals surface area contributed by atoms with Crippen LogP contribution in [0.1, 0.15) is 75.2 Å². The van der Waals surface area contributed by atoms with E-state index in [2.05, 4.69) is 32.2 Å². The minimum atomic E-state index is -0.651. The van der Waals surface area contributed by atoms with Gasteiger partial charge in [0.2, 0.25) is 5.91 Å². The van der Waals surface area contributed by atoms with Crippen molar-refractivity contribution in [1.29, 1.82) is 0 Å². The summed E-state index contributed by atoms with van der Waals surface area (Å²) >= 11 is 0. The third-order valence-corrected chi connectivity index (χ3v) is 9.81. The number of nitrogens with one attached hydrogen (secondary N) is 1. The van der Waals surface area contributed by atoms with E-state index < -0.39 is 24.3 Å². The molecule has 216 valence electrons. The lowest BCUT2D eigenvalue weighted by Gasteiger charge is -2.53. The number of aliphatic hydroxyl groups is 1. The van der Waals surface area contributed by atoms with Crippen LogP contribution in [0, 0.1) is 17.3 Å². The van der Waals surface area contributed by atoms with Gasteiger partial charge in [-0.2, -0.15) is 0 Å². The molecule has 7 unspecified atom stereocenters. The number of benzene rings is 1. The molecular formula is C32H41NO7. The van der Waals surface area contributed by atoms with Crippen LogP contribution in [-0.2, 0) is 23.7 Å². The number of epoxide rings is 1. The molecule has 8 nitrogen and oxygen atoms in total. The zero-order valence-electron chi connectivity index (χ0n) is 23.7. The number of aliphatic hydroxyl groups excluding tert-OH is 1. The Morgan fingerprint density at radius 3 is 2.85 bits per heavy atom. The van der Waals surface area contributed by atoms with Crippen LogP contribution in [-0.4, -0.2) is 66.9 Å². The number of rotatable bonds is 6. The largest absolute Gasteiger partial charge is 0.456 e. The summed E-state index contributed by atoms with van der Waals surface area (Å²) in [5.41, 5.74) is 3.79. The summed E-state index contributed by atoms with van der Waals surface area (Å²) in [5.74, 6) is 0.474. The minimum absolute atomic E-state index is 0.0517. The zero-order valence-corrected chi connectivity index (χ0v) is 23.7. The number of fused-ring (bicyclic) bond motifs is 3. The summed E-state index contributed by atoms with van der Waals surface area (Å²) in [5, 5.41) is 11.7. The second-order valence-electron chi connectivity index (χ2n) is 12.9. The third-order valence-electron chi connectivity index (χ3n) is 9.81. The smallest absolute Gasteiger partial charge is 0.338 e. The second-order valence-corrected chi connectivity index (χ2v) is 12.9. The molecular weight excluding hydrogens is 510 g/mol. The highest BCUT2D eigenvalue weighted by molar-refractivity contribution is 5.94. The molecule has 0 bridgehead atoms. The van der Waals surface area contributed by atoms with E-state index in [-0.39, 0.29) is 37.9 Å². The van der Waals surface area contributed by atoms with E-state index in [1.165, 1.54) is 18.4 Å². The lowest BCUT2D eigenvalue weighted by atomic mass is 9.52. The van der Waals surface area contributed by atoms with Gasteiger partial charge in [0.05, 0.1) is 23.9 Å². The maximum absolute atomic E-state index is 13.3. The Morgan fingerprint density at radius 2 is 2.05 bits per heavy atom. The Balaban J connectivity index is 1.18. The Bertz CT molecular complexity index is 1220. The van der Waals surface area contributed by atoms with E-state index in [4.69, 9.17) is 24.1 Å². The first-order valence-corrected chi connectivity index (χ1v) is 14.7. The molecule has 2 heterocycles. The fraction of sp³-hybridized carbons (Fsp3) is 0.625. The number of carbonyl (C=O) groups is 2. The SMILES string of the molecule is CC1(C)CC2C(=Cc3cccc(C(=O)OC4CC(C(=O)NCCO)=CC5OCOC54)c3)CCC3OC3(C)CCC21. The molecule has 1 aromatic carbocycles. The molecule has 1 amide bonds. The van der Waals surface area contributed by atoms with Gasteiger partial charge in [-0.05, 0) is 80.1 Å². The Kier molecular flexibility index (Phi) is 7.40. The van der Waals surface area contributed by atoms with Crippen LogP contribution in [0.4, 0.5) is 0 Å². The first-order valence-electron chi connectivity index (χ1n) is 14.7. The molecule has 8 heteroatoms. The van der Waals surface area contributed by atoms with E-state index >= 15 is 0 Å². The monoisotopic (exact) mass is 551 g/mol. The summed E-state index contributed by atoms with van der Waals surface area (Å²) < 4.78 is 23.3. The number of hydrogen-bond acceptors (Lipinski definition) is 7. The predicted molar refractivity (Wildman–Crippen MR) is 148 cm³/mol. The number of allylic oxidation sites excluding steroid dienone is 1. The number of esters is 1. The molecule has 2 aliphatic heterocycles. The first kappa shape index (κ1) is 27.6. The Morgan fingerprint density at radius 1 is 1.20 bits per heavy atom. The van der Waals surface area contributed by atoms with Crippen molar-refractivity contribution in [1.82, 2.24) is 5.32 Å². The van der Waals surface area contributed by atoms with Crippen molar-refractivity contribution >= 4 is 18.0 Å². The summed E-state index contributed by atoms with van der Waals surface area (Å²) in [6, 6.07) is 7.61. The zero-order chi connectivity index (χ0) is 28.1. The van der Waals surface area contributed by atoms with Crippen molar-refractivity contribution in [2.24, 2.45) is 17.3 Å². The van der Waals surface area contributed by atoms with E-state index in [0.717, 1.165) is 24.8 Å². The maximum Gasteiger partial charge on any atom is 0.338 e. The maximum atomic E-state index is 13.3. The van der Waals surface area contributed by atoms with Gasteiger partial charge in [-0.25, -0.2) is 4.79 Å². The van der Waals surface area contributed by atoms with Crippen LogP contribution >= 0.6 is 0 Å². The summed E-state index contributed by atoms with van der Waals surface area (Å²) in [6.07, 6.45) is 8.59. The summed E-state index contributed by atoms with van der Waals surface area (Å²) in [7, 11) is 0. The first-order chi connectivity index (χ1) is 19.2. The van der Waals surface area contributed by atoms with Crippen LogP contribution in [0.25, 0.3) is 6.08 Å². The molecule has 7 atom stereocenters. The van der Waals surface area contributed by atoms with Gasteiger partial charge in [0.1, 0.15) is 25.1 Å². The van der Waals surface area contributed by atoms with Gasteiger partial charge in [-0.15, -0.1) is 0 Å². The highest BCUT2D eigenvalue weighted by Gasteiger charge is 2.56. The number of hydrogen-bond donors (Lipinski definition) is 2. The van der Waals surface area contributed by atoms with E-state index in [0.29, 0.717) is 34.5 Å². The topological polar surface area (TPSA) is 107 Å². The van der Waals surface area contributed by atoms with Crippen molar-refractivity contribution in [3.8, 4) is 0 Å². The van der Waals surface area contributed by atoms with Crippen molar-refractivity contribution in [2.75, 3.05) is 19.9 Å². The molecule has 2 saturated heterocycles. The number of amides is 1. The average Bonchev–Trinajstić information content (AvgIpc) is 3.31. The molecule has 40 heavy (non-hydrogen) atoms. The van der Waals surface area contributed by atoms with Crippen molar-refractivity contribution in [2.45, 2.75) is 89.3 Å². The van der Waals surface area contributed by atoms with Gasteiger partial charge in [0, 0.05) is 18.5 Å². The molecule has 0 aromatic heterocycles. The number of carbonyl (C=O) groups excluding carboxylic acids is 2. The van der Waals surface area contributed by atoms with Crippen molar-refractivity contribution in [3.05, 3.63) is 52.6 Å². The van der Waals surface area contributed by atoms with Crippen LogP contribution in [0.2, 0.25) is 0 Å². The van der Waals surface area contributed by atoms with Gasteiger partial charge in [0.15, 0.2) is 0 Å². The quantitative estimate of drug-likeness (QED) is 0.404. The molecule has 1 aromatic rings. The van der Waals surface area contributed by atoms with Crippen molar-refractivity contribution in [3.63, 3.8) is 0 Å². The van der Waals surface area contributed by atoms with Gasteiger partial charge in [-0.1, -0.05) is 37.6 Å². The molecule has 6 rings (SSSR count). The van der Waals surface area contributed by atoms with Crippen LogP contribution in [0.3, 0.4) is 0 Å². The van der Waals surface area contributed by atoms with Crippen LogP contribution < -0.4 is 5.32 Å². The molecule has 0 radical (unpaired) electrons. The molecule has 3 aliphatic carbocycles. The van der Waals surface area contributed by atoms with Gasteiger partial charge >= 0.3 is 5.97 Å². The molecule has 4 fully saturated rings. The highest BCUT2D eigenvalue weighted by atomic mass is 16.7. The molecule has 2 N–H and O–H groups in total. The van der Waals surface area contributed by atoms with Crippen molar-refractivity contribution < 1.29 is 33.6 Å². The molecule has 5 aliphatic rings. The highest BCUT2D eigenvalue weighted by Crippen LogP contribution is 2.59. The van der Waals surface area contributed by atoms with Gasteiger partial charge in [0.25, 0.3) is 0 Å². The normalized spacial score (nSPS) is 36.9. The van der Waals surface area contributed by atoms with Gasteiger partial charge in [-0.3, -0.25) is 4.79 Å². The van der Waals surface area contributed by atoms with Gasteiger partial charge < -0.3 is 29.4 Å². The lowest BCUT2D eigenvalue weighted by Crippen LogP contribution is -2.45. The molecule has 0 spiro atoms. The second kappa shape index (κ2) is 10.7. The lowest BCUT2D eigenvalue weighted by molar-refractivity contribution is -0.118. The number of ether oxygens (including phenoxy) is 4. The van der Waals surface area contributed by atoms with E-state index in [1.54, 1.807) is 12.1 Å². The summed E-state index contributed by atoms with van der Waals surface area (Å²) in [6.45, 7) is 7.13. The average molecular weight is 552 g/mol. The summed E-state index contributed by atoms with van der Waals surface area (Å²) in [4.78, 5) is 25.9. The predicted octanol–water partition coefficient (Wildman–Crippen LogP) is 4.17. The molecule has 2 saturated carbocycles. The Hall–Kier alpha value is -2.52. The fourth-order valence-corrected chi connectivity index (χ4v) is 7.39. The minimum Gasteiger partial charge on any atom is -0.456 e. The third kappa shape index (κ3) is 5.39.